The van der Waals surface area contributed by atoms with Gasteiger partial charge in [0.05, 0.1) is 37.3 Å². The summed E-state index contributed by atoms with van der Waals surface area (Å²) in [6, 6.07) is 9.78. The zero-order valence-electron chi connectivity index (χ0n) is 18.7. The first-order valence-corrected chi connectivity index (χ1v) is 12.0. The first-order chi connectivity index (χ1) is 15.3. The number of likely N-dealkylation sites (N-methyl/N-ethyl adjacent to an activating group) is 1. The van der Waals surface area contributed by atoms with Crippen molar-refractivity contribution in [2.75, 3.05) is 40.5 Å². The quantitative estimate of drug-likeness (QED) is 0.497. The predicted molar refractivity (Wildman–Crippen MR) is 123 cm³/mol. The number of sulfonamides is 1. The lowest BCUT2D eigenvalue weighted by Gasteiger charge is -2.20. The molecule has 1 N–H and O–H groups in total. The van der Waals surface area contributed by atoms with Gasteiger partial charge < -0.3 is 19.5 Å². The number of methoxy groups -OCH3 is 2. The van der Waals surface area contributed by atoms with Crippen molar-refractivity contribution < 1.29 is 27.4 Å². The van der Waals surface area contributed by atoms with Crippen LogP contribution in [0.5, 0.6) is 17.2 Å². The molecule has 0 atom stereocenters. The first-order valence-electron chi connectivity index (χ1n) is 10.2. The van der Waals surface area contributed by atoms with Gasteiger partial charge in [-0.25, -0.2) is 8.42 Å². The van der Waals surface area contributed by atoms with Crippen LogP contribution in [0.1, 0.15) is 19.4 Å². The second-order valence-corrected chi connectivity index (χ2v) is 9.09. The molecule has 2 aromatic rings. The molecule has 0 saturated heterocycles. The average Bonchev–Trinajstić information content (AvgIpc) is 2.78. The molecule has 8 nitrogen and oxygen atoms in total. The third-order valence-corrected chi connectivity index (χ3v) is 6.91. The lowest BCUT2D eigenvalue weighted by Crippen LogP contribution is -2.41. The second kappa shape index (κ2) is 11.9. The largest absolute Gasteiger partial charge is 0.493 e. The van der Waals surface area contributed by atoms with Gasteiger partial charge in [0.15, 0.2) is 11.5 Å². The van der Waals surface area contributed by atoms with E-state index < -0.39 is 15.9 Å². The highest BCUT2D eigenvalue weighted by atomic mass is 35.5. The molecule has 0 aromatic heterocycles. The maximum Gasteiger partial charge on any atom is 0.243 e. The van der Waals surface area contributed by atoms with Crippen LogP contribution in [0.2, 0.25) is 5.02 Å². The van der Waals surface area contributed by atoms with Crippen molar-refractivity contribution in [2.24, 2.45) is 0 Å². The van der Waals surface area contributed by atoms with E-state index in [1.54, 1.807) is 27.2 Å². The van der Waals surface area contributed by atoms with Gasteiger partial charge in [0, 0.05) is 13.1 Å². The van der Waals surface area contributed by atoms with Crippen LogP contribution >= 0.6 is 11.6 Å². The van der Waals surface area contributed by atoms with Gasteiger partial charge in [-0.05, 0) is 49.2 Å². The third-order valence-electron chi connectivity index (χ3n) is 4.70. The Morgan fingerprint density at radius 1 is 1.03 bits per heavy atom. The van der Waals surface area contributed by atoms with Crippen LogP contribution in [0, 0.1) is 0 Å². The number of rotatable bonds is 12. The maximum absolute atomic E-state index is 13.0. The molecule has 176 valence electrons. The third kappa shape index (κ3) is 6.51. The number of carbonyl (C=O) groups excluding carboxylic acids is 1. The van der Waals surface area contributed by atoms with Crippen LogP contribution in [0.3, 0.4) is 0 Å². The summed E-state index contributed by atoms with van der Waals surface area (Å²) < 4.78 is 42.9. The number of hydrogen-bond donors (Lipinski definition) is 1. The van der Waals surface area contributed by atoms with Crippen LogP contribution < -0.4 is 19.5 Å². The van der Waals surface area contributed by atoms with Crippen molar-refractivity contribution in [3.05, 3.63) is 47.0 Å². The molecule has 0 heterocycles. The van der Waals surface area contributed by atoms with Crippen LogP contribution in [0.15, 0.2) is 41.3 Å². The van der Waals surface area contributed by atoms with Crippen molar-refractivity contribution >= 4 is 27.5 Å². The molecule has 2 rings (SSSR count). The molecule has 0 unspecified atom stereocenters. The minimum Gasteiger partial charge on any atom is -0.493 e. The molecule has 32 heavy (non-hydrogen) atoms. The molecular weight excluding hydrogens is 456 g/mol. The van der Waals surface area contributed by atoms with Gasteiger partial charge >= 0.3 is 0 Å². The van der Waals surface area contributed by atoms with Gasteiger partial charge in [0.1, 0.15) is 5.75 Å². The topological polar surface area (TPSA) is 94.2 Å². The van der Waals surface area contributed by atoms with Gasteiger partial charge in [-0.1, -0.05) is 24.6 Å². The molecule has 10 heteroatoms. The summed E-state index contributed by atoms with van der Waals surface area (Å²) in [4.78, 5) is 12.4. The summed E-state index contributed by atoms with van der Waals surface area (Å²) in [5.41, 5.74) is 0.951. The Hall–Kier alpha value is -2.49. The summed E-state index contributed by atoms with van der Waals surface area (Å²) in [5, 5.41) is 2.96. The summed E-state index contributed by atoms with van der Waals surface area (Å²) in [6.45, 7) is 4.08. The van der Waals surface area contributed by atoms with E-state index in [0.717, 1.165) is 9.87 Å². The van der Waals surface area contributed by atoms with E-state index in [1.165, 1.54) is 18.2 Å². The Labute approximate surface area is 194 Å². The van der Waals surface area contributed by atoms with Gasteiger partial charge in [-0.3, -0.25) is 4.79 Å². The van der Waals surface area contributed by atoms with Crippen molar-refractivity contribution in [1.82, 2.24) is 9.62 Å². The van der Waals surface area contributed by atoms with Gasteiger partial charge in [0.2, 0.25) is 15.9 Å². The summed E-state index contributed by atoms with van der Waals surface area (Å²) in [5.74, 6) is 1.24. The molecule has 0 saturated carbocycles. The Balaban J connectivity index is 1.99. The Morgan fingerprint density at radius 3 is 2.31 bits per heavy atom. The molecule has 0 aliphatic rings. The Morgan fingerprint density at radius 2 is 1.72 bits per heavy atom. The highest BCUT2D eigenvalue weighted by molar-refractivity contribution is 7.89. The number of benzene rings is 2. The second-order valence-electron chi connectivity index (χ2n) is 6.75. The first kappa shape index (κ1) is 25.8. The molecule has 0 aliphatic heterocycles. The zero-order valence-corrected chi connectivity index (χ0v) is 20.3. The van der Waals surface area contributed by atoms with Crippen LogP contribution in [0.25, 0.3) is 0 Å². The SMILES string of the molecule is CCOc1ccc(S(=O)(=O)N(CC)CC(=O)NCCc2ccc(OC)c(OC)c2)cc1Cl. The van der Waals surface area contributed by atoms with Crippen LogP contribution in [0.4, 0.5) is 0 Å². The minimum absolute atomic E-state index is 0.00549. The lowest BCUT2D eigenvalue weighted by molar-refractivity contribution is -0.121. The lowest BCUT2D eigenvalue weighted by atomic mass is 10.1. The number of ether oxygens (including phenoxy) is 3. The fraction of sp³-hybridized carbons (Fsp3) is 0.409. The van der Waals surface area contributed by atoms with E-state index in [2.05, 4.69) is 5.32 Å². The number of nitrogens with zero attached hydrogens (tertiary/aromatic N) is 1. The number of amides is 1. The molecule has 0 aliphatic carbocycles. The smallest absolute Gasteiger partial charge is 0.243 e. The van der Waals surface area contributed by atoms with Gasteiger partial charge in [-0.2, -0.15) is 4.31 Å². The Kier molecular flexibility index (Phi) is 9.61. The molecule has 0 spiro atoms. The predicted octanol–water partition coefficient (Wildman–Crippen LogP) is 3.13. The van der Waals surface area contributed by atoms with E-state index in [9.17, 15) is 13.2 Å². The highest BCUT2D eigenvalue weighted by Gasteiger charge is 2.26. The fourth-order valence-electron chi connectivity index (χ4n) is 3.03. The minimum atomic E-state index is -3.89. The highest BCUT2D eigenvalue weighted by Crippen LogP contribution is 2.29. The van der Waals surface area contributed by atoms with E-state index in [0.29, 0.717) is 36.8 Å². The zero-order chi connectivity index (χ0) is 23.7. The number of nitrogens with one attached hydrogen (secondary N) is 1. The van der Waals surface area contributed by atoms with E-state index in [-0.39, 0.29) is 23.0 Å². The molecule has 0 bridgehead atoms. The molecule has 0 radical (unpaired) electrons. The molecule has 2 aromatic carbocycles. The van der Waals surface area contributed by atoms with Crippen molar-refractivity contribution in [1.29, 1.82) is 0 Å². The maximum atomic E-state index is 13.0. The summed E-state index contributed by atoms with van der Waals surface area (Å²) in [7, 11) is -0.774. The number of carbonyl (C=O) groups is 1. The monoisotopic (exact) mass is 484 g/mol. The number of hydrogen-bond acceptors (Lipinski definition) is 6. The van der Waals surface area contributed by atoms with Gasteiger partial charge in [0.25, 0.3) is 0 Å². The normalized spacial score (nSPS) is 11.3. The van der Waals surface area contributed by atoms with E-state index in [4.69, 9.17) is 25.8 Å². The number of halogens is 1. The van der Waals surface area contributed by atoms with E-state index >= 15 is 0 Å². The molecular formula is C22H29ClN2O6S. The average molecular weight is 485 g/mol. The fourth-order valence-corrected chi connectivity index (χ4v) is 4.76. The standard InChI is InChI=1S/C22H29ClN2O6S/c1-5-25(32(27,28)17-8-10-19(31-6-2)18(23)14-17)15-22(26)24-12-11-16-7-9-20(29-3)21(13-16)30-4/h7-10,13-14H,5-6,11-12,15H2,1-4H3,(H,24,26). The van der Waals surface area contributed by atoms with Gasteiger partial charge in [-0.15, -0.1) is 0 Å². The summed E-state index contributed by atoms with van der Waals surface area (Å²) >= 11 is 6.13. The van der Waals surface area contributed by atoms with Crippen molar-refractivity contribution in [3.8, 4) is 17.2 Å². The van der Waals surface area contributed by atoms with Crippen molar-refractivity contribution in [3.63, 3.8) is 0 Å². The summed E-state index contributed by atoms with van der Waals surface area (Å²) in [6.07, 6.45) is 0.555. The molecule has 0 fully saturated rings. The molecule has 1 amide bonds. The Bertz CT molecular complexity index is 1030. The van der Waals surface area contributed by atoms with Crippen LogP contribution in [-0.4, -0.2) is 59.1 Å². The van der Waals surface area contributed by atoms with Crippen molar-refractivity contribution in [2.45, 2.75) is 25.2 Å². The van der Waals surface area contributed by atoms with Crippen LogP contribution in [-0.2, 0) is 21.2 Å². The van der Waals surface area contributed by atoms with E-state index in [1.807, 2.05) is 19.1 Å².